The van der Waals surface area contributed by atoms with E-state index in [1.165, 1.54) is 0 Å². The van der Waals surface area contributed by atoms with Gasteiger partial charge in [-0.1, -0.05) is 18.2 Å². The Morgan fingerprint density at radius 1 is 1.47 bits per heavy atom. The molecule has 0 bridgehead atoms. The average molecular weight is 235 g/mol. The van der Waals surface area contributed by atoms with E-state index in [1.54, 1.807) is 7.11 Å². The lowest BCUT2D eigenvalue weighted by Crippen LogP contribution is -2.48. The Bertz CT molecular complexity index is 388. The Balaban J connectivity index is 1.81. The van der Waals surface area contributed by atoms with Gasteiger partial charge >= 0.3 is 0 Å². The Morgan fingerprint density at radius 2 is 2.24 bits per heavy atom. The second kappa shape index (κ2) is 5.68. The number of hydrogen-bond acceptors (Lipinski definition) is 3. The zero-order valence-corrected chi connectivity index (χ0v) is 9.94. The molecule has 1 heterocycles. The minimum absolute atomic E-state index is 0.0733. The van der Waals surface area contributed by atoms with Crippen LogP contribution in [0.25, 0.3) is 0 Å². The first kappa shape index (κ1) is 11.9. The van der Waals surface area contributed by atoms with Crippen molar-refractivity contribution in [2.75, 3.05) is 20.3 Å². The van der Waals surface area contributed by atoms with Crippen molar-refractivity contribution in [2.45, 2.75) is 18.9 Å². The van der Waals surface area contributed by atoms with Crippen molar-refractivity contribution in [2.24, 2.45) is 0 Å². The van der Waals surface area contributed by atoms with Crippen LogP contribution in [0, 0.1) is 0 Å². The van der Waals surface area contributed by atoms with Crippen molar-refractivity contribution in [1.29, 1.82) is 0 Å². The van der Waals surface area contributed by atoms with Crippen molar-refractivity contribution in [3.63, 3.8) is 0 Å². The lowest BCUT2D eigenvalue weighted by Gasteiger charge is -2.26. The molecule has 4 heteroatoms. The van der Waals surface area contributed by atoms with E-state index in [9.17, 15) is 4.79 Å². The molecule has 1 N–H and O–H groups in total. The van der Waals surface area contributed by atoms with Gasteiger partial charge in [0.05, 0.1) is 26.4 Å². The molecule has 1 saturated heterocycles. The maximum Gasteiger partial charge on any atom is 0.220 e. The minimum atomic E-state index is 0.0733. The highest BCUT2D eigenvalue weighted by Crippen LogP contribution is 2.18. The fourth-order valence-electron chi connectivity index (χ4n) is 1.78. The third-order valence-corrected chi connectivity index (χ3v) is 2.82. The van der Waals surface area contributed by atoms with Crippen LogP contribution >= 0.6 is 0 Å². The number of nitrogens with one attached hydrogen (secondary N) is 1. The largest absolute Gasteiger partial charge is 0.496 e. The van der Waals surface area contributed by atoms with Gasteiger partial charge in [-0.3, -0.25) is 4.79 Å². The monoisotopic (exact) mass is 235 g/mol. The zero-order valence-electron chi connectivity index (χ0n) is 9.94. The number of para-hydroxylation sites is 1. The molecule has 0 atom stereocenters. The SMILES string of the molecule is COc1ccccc1CCC(=O)NC1COC1. The Labute approximate surface area is 101 Å². The highest BCUT2D eigenvalue weighted by Gasteiger charge is 2.20. The van der Waals surface area contributed by atoms with Gasteiger partial charge in [-0.25, -0.2) is 0 Å². The topological polar surface area (TPSA) is 47.6 Å². The molecule has 92 valence electrons. The molecule has 0 radical (unpaired) electrons. The normalized spacial score (nSPS) is 15.1. The van der Waals surface area contributed by atoms with Gasteiger partial charge in [-0.05, 0) is 18.1 Å². The van der Waals surface area contributed by atoms with Crippen LogP contribution in [0.3, 0.4) is 0 Å². The average Bonchev–Trinajstić information content (AvgIpc) is 2.31. The van der Waals surface area contributed by atoms with E-state index in [0.29, 0.717) is 26.1 Å². The van der Waals surface area contributed by atoms with E-state index >= 15 is 0 Å². The van der Waals surface area contributed by atoms with Crippen LogP contribution in [0.2, 0.25) is 0 Å². The Kier molecular flexibility index (Phi) is 3.98. The van der Waals surface area contributed by atoms with Crippen molar-refractivity contribution < 1.29 is 14.3 Å². The van der Waals surface area contributed by atoms with Crippen molar-refractivity contribution in [3.05, 3.63) is 29.8 Å². The first-order valence-electron chi connectivity index (χ1n) is 5.78. The molecular formula is C13H17NO3. The summed E-state index contributed by atoms with van der Waals surface area (Å²) in [6, 6.07) is 7.98. The first-order chi connectivity index (χ1) is 8.29. The molecule has 0 aliphatic carbocycles. The Morgan fingerprint density at radius 3 is 2.88 bits per heavy atom. The number of aryl methyl sites for hydroxylation is 1. The second-order valence-electron chi connectivity index (χ2n) is 4.11. The third kappa shape index (κ3) is 3.20. The summed E-state index contributed by atoms with van der Waals surface area (Å²) in [6.07, 6.45) is 1.18. The van der Waals surface area contributed by atoms with E-state index < -0.39 is 0 Å². The predicted molar refractivity (Wildman–Crippen MR) is 64.1 cm³/mol. The van der Waals surface area contributed by atoms with Gasteiger partial charge in [-0.2, -0.15) is 0 Å². The molecule has 0 spiro atoms. The van der Waals surface area contributed by atoms with Crippen LogP contribution < -0.4 is 10.1 Å². The van der Waals surface area contributed by atoms with Gasteiger partial charge in [-0.15, -0.1) is 0 Å². The van der Waals surface area contributed by atoms with Gasteiger partial charge in [0.15, 0.2) is 0 Å². The summed E-state index contributed by atoms with van der Waals surface area (Å²) < 4.78 is 10.2. The zero-order chi connectivity index (χ0) is 12.1. The predicted octanol–water partition coefficient (Wildman–Crippen LogP) is 1.14. The number of ether oxygens (including phenoxy) is 2. The first-order valence-corrected chi connectivity index (χ1v) is 5.78. The molecule has 0 aromatic heterocycles. The summed E-state index contributed by atoms with van der Waals surface area (Å²) in [5.41, 5.74) is 1.06. The van der Waals surface area contributed by atoms with Crippen LogP contribution in [0.4, 0.5) is 0 Å². The van der Waals surface area contributed by atoms with Gasteiger partial charge < -0.3 is 14.8 Å². The van der Waals surface area contributed by atoms with E-state index in [0.717, 1.165) is 11.3 Å². The fraction of sp³-hybridized carbons (Fsp3) is 0.462. The number of carbonyl (C=O) groups is 1. The van der Waals surface area contributed by atoms with Gasteiger partial charge in [0, 0.05) is 6.42 Å². The maximum atomic E-state index is 11.6. The molecular weight excluding hydrogens is 218 g/mol. The summed E-state index contributed by atoms with van der Waals surface area (Å²) in [4.78, 5) is 11.6. The molecule has 0 unspecified atom stereocenters. The number of rotatable bonds is 5. The smallest absolute Gasteiger partial charge is 0.220 e. The molecule has 1 fully saturated rings. The molecule has 17 heavy (non-hydrogen) atoms. The molecule has 1 amide bonds. The molecule has 0 saturated carbocycles. The van der Waals surface area contributed by atoms with Crippen molar-refractivity contribution in [3.8, 4) is 5.75 Å². The van der Waals surface area contributed by atoms with Crippen LogP contribution in [0.15, 0.2) is 24.3 Å². The van der Waals surface area contributed by atoms with Crippen LogP contribution in [0.5, 0.6) is 5.75 Å². The summed E-state index contributed by atoms with van der Waals surface area (Å²) in [5.74, 6) is 0.913. The van der Waals surface area contributed by atoms with E-state index in [-0.39, 0.29) is 11.9 Å². The number of carbonyl (C=O) groups excluding carboxylic acids is 1. The Hall–Kier alpha value is -1.55. The van der Waals surface area contributed by atoms with Gasteiger partial charge in [0.2, 0.25) is 5.91 Å². The molecule has 1 aromatic rings. The summed E-state index contributed by atoms with van der Waals surface area (Å²) in [5, 5.41) is 2.92. The summed E-state index contributed by atoms with van der Waals surface area (Å²) >= 11 is 0. The molecule has 1 aliphatic rings. The lowest BCUT2D eigenvalue weighted by molar-refractivity contribution is -0.125. The number of methoxy groups -OCH3 is 1. The van der Waals surface area contributed by atoms with Gasteiger partial charge in [0.1, 0.15) is 5.75 Å². The van der Waals surface area contributed by atoms with Crippen molar-refractivity contribution in [1.82, 2.24) is 5.32 Å². The molecule has 4 nitrogen and oxygen atoms in total. The highest BCUT2D eigenvalue weighted by molar-refractivity contribution is 5.76. The van der Waals surface area contributed by atoms with E-state index in [2.05, 4.69) is 5.32 Å². The maximum absolute atomic E-state index is 11.6. The van der Waals surface area contributed by atoms with Crippen LogP contribution in [-0.4, -0.2) is 32.3 Å². The minimum Gasteiger partial charge on any atom is -0.496 e. The quantitative estimate of drug-likeness (QED) is 0.832. The molecule has 1 aliphatic heterocycles. The summed E-state index contributed by atoms with van der Waals surface area (Å²) in [7, 11) is 1.64. The standard InChI is InChI=1S/C13H17NO3/c1-16-12-5-3-2-4-10(12)6-7-13(15)14-11-8-17-9-11/h2-5,11H,6-9H2,1H3,(H,14,15). The van der Waals surface area contributed by atoms with Gasteiger partial charge in [0.25, 0.3) is 0 Å². The molecule has 1 aromatic carbocycles. The number of amides is 1. The summed E-state index contributed by atoms with van der Waals surface area (Å²) in [6.45, 7) is 1.28. The molecule has 2 rings (SSSR count). The second-order valence-corrected chi connectivity index (χ2v) is 4.11. The number of benzene rings is 1. The van der Waals surface area contributed by atoms with E-state index in [1.807, 2.05) is 24.3 Å². The lowest BCUT2D eigenvalue weighted by atomic mass is 10.1. The third-order valence-electron chi connectivity index (χ3n) is 2.82. The fourth-order valence-corrected chi connectivity index (χ4v) is 1.78. The van der Waals surface area contributed by atoms with Crippen molar-refractivity contribution >= 4 is 5.91 Å². The highest BCUT2D eigenvalue weighted by atomic mass is 16.5. The number of hydrogen-bond donors (Lipinski definition) is 1. The van der Waals surface area contributed by atoms with Crippen LogP contribution in [-0.2, 0) is 16.0 Å². The van der Waals surface area contributed by atoms with Crippen LogP contribution in [0.1, 0.15) is 12.0 Å². The van der Waals surface area contributed by atoms with E-state index in [4.69, 9.17) is 9.47 Å².